The Morgan fingerprint density at radius 1 is 0.778 bits per heavy atom. The normalized spacial score (nSPS) is 10.2. The third-order valence-electron chi connectivity index (χ3n) is 5.36. The summed E-state index contributed by atoms with van der Waals surface area (Å²) in [6.07, 6.45) is 0. The molecule has 0 atom stereocenters. The number of nitriles is 3. The molecular formula is C27H14N8Pt. The molecule has 0 spiro atoms. The average Bonchev–Trinajstić information content (AvgIpc) is 2.92. The third kappa shape index (κ3) is 4.87. The number of hydrogen-bond acceptors (Lipinski definition) is 7. The molecule has 0 aliphatic rings. The van der Waals surface area contributed by atoms with Crippen molar-refractivity contribution in [2.24, 2.45) is 0 Å². The van der Waals surface area contributed by atoms with Crippen LogP contribution in [0.3, 0.4) is 0 Å². The Hall–Kier alpha value is -4.75. The van der Waals surface area contributed by atoms with E-state index in [1.54, 1.807) is 12.1 Å². The minimum Gasteiger partial charge on any atom is -0.323 e. The fourth-order valence-corrected chi connectivity index (χ4v) is 3.46. The van der Waals surface area contributed by atoms with Crippen molar-refractivity contribution >= 4 is 5.82 Å². The van der Waals surface area contributed by atoms with E-state index in [4.69, 9.17) is 27.1 Å². The first-order chi connectivity index (χ1) is 16.9. The van der Waals surface area contributed by atoms with Gasteiger partial charge in [-0.25, -0.2) is 10.5 Å². The minimum absolute atomic E-state index is 0. The Bertz CT molecular complexity index is 1510. The molecular weight excluding hydrogens is 631 g/mol. The van der Waals surface area contributed by atoms with E-state index in [0.29, 0.717) is 33.9 Å². The summed E-state index contributed by atoms with van der Waals surface area (Å²) in [5.74, 6) is 0.0551. The monoisotopic (exact) mass is 645 g/mol. The van der Waals surface area contributed by atoms with Crippen molar-refractivity contribution in [1.82, 2.24) is 19.9 Å². The molecule has 0 saturated heterocycles. The fourth-order valence-electron chi connectivity index (χ4n) is 3.46. The maximum Gasteiger partial charge on any atom is 2.00 e. The largest absolute Gasteiger partial charge is 2.00 e. The Morgan fingerprint density at radius 2 is 1.31 bits per heavy atom. The van der Waals surface area contributed by atoms with Crippen LogP contribution in [-0.2, 0) is 26.5 Å². The van der Waals surface area contributed by atoms with Crippen LogP contribution in [0.2, 0.25) is 0 Å². The zero-order valence-electron chi connectivity index (χ0n) is 19.0. The predicted molar refractivity (Wildman–Crippen MR) is 125 cm³/mol. The van der Waals surface area contributed by atoms with Gasteiger partial charge in [0.2, 0.25) is 0 Å². The minimum atomic E-state index is -0.656. The van der Waals surface area contributed by atoms with Crippen molar-refractivity contribution < 1.29 is 21.1 Å². The zero-order chi connectivity index (χ0) is 25.0. The molecule has 0 unspecified atom stereocenters. The first kappa shape index (κ1) is 25.9. The topological polar surface area (TPSA) is 127 Å². The molecule has 9 heteroatoms. The van der Waals surface area contributed by atoms with Gasteiger partial charge in [-0.05, 0) is 42.9 Å². The number of hydrogen-bond donors (Lipinski definition) is 0. The van der Waals surface area contributed by atoms with Gasteiger partial charge in [0.25, 0.3) is 0 Å². The number of aromatic nitrogens is 4. The van der Waals surface area contributed by atoms with E-state index >= 15 is 0 Å². The van der Waals surface area contributed by atoms with Gasteiger partial charge < -0.3 is 14.8 Å². The van der Waals surface area contributed by atoms with Gasteiger partial charge in [-0.3, -0.25) is 4.98 Å². The van der Waals surface area contributed by atoms with E-state index in [1.165, 1.54) is 12.1 Å². The summed E-state index contributed by atoms with van der Waals surface area (Å²) in [6, 6.07) is 25.5. The van der Waals surface area contributed by atoms with E-state index in [1.807, 2.05) is 56.3 Å². The van der Waals surface area contributed by atoms with Crippen molar-refractivity contribution in [3.63, 3.8) is 0 Å². The maximum atomic E-state index is 9.49. The van der Waals surface area contributed by atoms with Crippen molar-refractivity contribution in [2.75, 3.05) is 0 Å². The molecule has 0 fully saturated rings. The molecule has 4 heterocycles. The van der Waals surface area contributed by atoms with Crippen molar-refractivity contribution in [1.29, 1.82) is 15.8 Å². The summed E-state index contributed by atoms with van der Waals surface area (Å²) < 4.78 is 0. The Labute approximate surface area is 222 Å². The second-order valence-corrected chi connectivity index (χ2v) is 7.88. The van der Waals surface area contributed by atoms with Crippen LogP contribution in [0.15, 0.2) is 48.5 Å². The quantitative estimate of drug-likeness (QED) is 0.295. The zero-order valence-corrected chi connectivity index (χ0v) is 21.3. The van der Waals surface area contributed by atoms with E-state index in [0.717, 1.165) is 0 Å². The van der Waals surface area contributed by atoms with Crippen LogP contribution in [0.1, 0.15) is 42.3 Å². The van der Waals surface area contributed by atoms with E-state index in [9.17, 15) is 5.26 Å². The van der Waals surface area contributed by atoms with Crippen LogP contribution in [0.5, 0.6) is 0 Å². The number of pyridine rings is 4. The molecule has 36 heavy (non-hydrogen) atoms. The van der Waals surface area contributed by atoms with Gasteiger partial charge in [-0.15, -0.1) is 23.2 Å². The van der Waals surface area contributed by atoms with E-state index in [2.05, 4.69) is 26.9 Å². The molecule has 0 aliphatic heterocycles. The number of rotatable bonds is 4. The maximum absolute atomic E-state index is 9.49. The van der Waals surface area contributed by atoms with Crippen LogP contribution in [0.4, 0.5) is 5.82 Å². The molecule has 0 radical (unpaired) electrons. The Balaban J connectivity index is 0.00000361. The van der Waals surface area contributed by atoms with E-state index < -0.39 is 5.41 Å². The summed E-state index contributed by atoms with van der Waals surface area (Å²) in [5, 5.41) is 27.6. The second kappa shape index (κ2) is 10.7. The van der Waals surface area contributed by atoms with Crippen LogP contribution < -0.4 is 0 Å². The summed E-state index contributed by atoms with van der Waals surface area (Å²) in [5.41, 5.74) is 2.84. The Kier molecular flexibility index (Phi) is 7.66. The summed E-state index contributed by atoms with van der Waals surface area (Å²) >= 11 is 0. The smallest absolute Gasteiger partial charge is 0.323 e. The van der Waals surface area contributed by atoms with E-state index in [-0.39, 0.29) is 44.0 Å². The van der Waals surface area contributed by atoms with Crippen molar-refractivity contribution in [3.05, 3.63) is 101 Å². The summed E-state index contributed by atoms with van der Waals surface area (Å²) in [7, 11) is 0. The standard InChI is InChI=1S/C27H14N8.Pt/c1-27(2,24-8-4-6-21(34-24)19-12-10-17(14-28)32-23(19)16-30)25-9-5-7-22(35-25)20-13-11-18(15-29)33-26(20)31-3;/h4-11H,1-2H3;/q-2;+2. The molecule has 0 aromatic carbocycles. The summed E-state index contributed by atoms with van der Waals surface area (Å²) in [6.45, 7) is 11.4. The van der Waals surface area contributed by atoms with Gasteiger partial charge in [-0.2, -0.15) is 5.26 Å². The van der Waals surface area contributed by atoms with Gasteiger partial charge in [0.15, 0.2) is 5.69 Å². The first-order valence-corrected chi connectivity index (χ1v) is 10.3. The molecule has 0 bridgehead atoms. The molecule has 4 rings (SSSR count). The molecule has 0 aliphatic carbocycles. The van der Waals surface area contributed by atoms with Gasteiger partial charge in [0.1, 0.15) is 0 Å². The van der Waals surface area contributed by atoms with Gasteiger partial charge in [-0.1, -0.05) is 42.5 Å². The average molecular weight is 646 g/mol. The van der Waals surface area contributed by atoms with Crippen molar-refractivity contribution in [2.45, 2.75) is 19.3 Å². The molecule has 4 aromatic heterocycles. The van der Waals surface area contributed by atoms with Crippen LogP contribution >= 0.6 is 0 Å². The Morgan fingerprint density at radius 3 is 1.83 bits per heavy atom. The molecule has 0 saturated carbocycles. The van der Waals surface area contributed by atoms with Crippen LogP contribution in [0, 0.1) is 52.7 Å². The molecule has 0 amide bonds. The molecule has 172 valence electrons. The third-order valence-corrected chi connectivity index (χ3v) is 5.36. The SMILES string of the molecule is [C-]#[N+]c1nc(C#N)c[c-]c1-c1cccc(C(C)(C)c2cccc(-c3[c-]cc(C#N)nc3C#N)n2)n1.[Pt+2]. The van der Waals surface area contributed by atoms with Crippen LogP contribution in [0.25, 0.3) is 27.4 Å². The van der Waals surface area contributed by atoms with Crippen LogP contribution in [-0.4, -0.2) is 19.9 Å². The number of nitrogens with zero attached hydrogens (tertiary/aromatic N) is 8. The van der Waals surface area contributed by atoms with Gasteiger partial charge >= 0.3 is 26.9 Å². The predicted octanol–water partition coefficient (Wildman–Crippen LogP) is 4.69. The van der Waals surface area contributed by atoms with Gasteiger partial charge in [0, 0.05) is 16.8 Å². The molecule has 4 aromatic rings. The van der Waals surface area contributed by atoms with Crippen molar-refractivity contribution in [3.8, 4) is 40.7 Å². The second-order valence-electron chi connectivity index (χ2n) is 7.88. The van der Waals surface area contributed by atoms with Gasteiger partial charge in [0.05, 0.1) is 29.6 Å². The summed E-state index contributed by atoms with van der Waals surface area (Å²) in [4.78, 5) is 21.1. The molecule has 8 nitrogen and oxygen atoms in total. The first-order valence-electron chi connectivity index (χ1n) is 10.3. The fraction of sp³-hybridized carbons (Fsp3) is 0.111. The molecule has 0 N–H and O–H groups in total.